The van der Waals surface area contributed by atoms with Crippen molar-refractivity contribution < 1.29 is 22.8 Å². The van der Waals surface area contributed by atoms with Gasteiger partial charge in [0.15, 0.2) is 0 Å². The number of benzene rings is 3. The van der Waals surface area contributed by atoms with Crippen LogP contribution in [0.2, 0.25) is 0 Å². The van der Waals surface area contributed by atoms with Crippen LogP contribution in [0.4, 0.5) is 13.2 Å². The van der Waals surface area contributed by atoms with Crippen LogP contribution in [0.15, 0.2) is 84.9 Å². The molecule has 0 aliphatic rings. The van der Waals surface area contributed by atoms with Crippen molar-refractivity contribution in [2.45, 2.75) is 18.1 Å². The quantitative estimate of drug-likeness (QED) is 0.639. The van der Waals surface area contributed by atoms with E-state index >= 15 is 0 Å². The Bertz CT molecular complexity index is 982. The highest BCUT2D eigenvalue weighted by molar-refractivity contribution is 5.99. The van der Waals surface area contributed by atoms with Crippen molar-refractivity contribution >= 4 is 11.8 Å². The third-order valence-corrected chi connectivity index (χ3v) is 4.72. The fourth-order valence-electron chi connectivity index (χ4n) is 3.36. The van der Waals surface area contributed by atoms with Gasteiger partial charge in [-0.25, -0.2) is 0 Å². The second-order valence-electron chi connectivity index (χ2n) is 6.70. The number of primary amides is 1. The molecule has 0 unspecified atom stereocenters. The molecule has 0 spiro atoms. The topological polar surface area (TPSA) is 72.2 Å². The molecule has 3 aromatic carbocycles. The second kappa shape index (κ2) is 8.82. The monoisotopic (exact) mass is 412 g/mol. The van der Waals surface area contributed by atoms with Gasteiger partial charge in [-0.2, -0.15) is 13.2 Å². The maximum absolute atomic E-state index is 13.3. The van der Waals surface area contributed by atoms with Crippen LogP contribution >= 0.6 is 0 Å². The van der Waals surface area contributed by atoms with Crippen molar-refractivity contribution in [2.24, 2.45) is 5.73 Å². The molecule has 0 aliphatic heterocycles. The molecule has 0 heterocycles. The Hall–Kier alpha value is -3.61. The predicted molar refractivity (Wildman–Crippen MR) is 107 cm³/mol. The van der Waals surface area contributed by atoms with Gasteiger partial charge in [-0.05, 0) is 23.3 Å². The summed E-state index contributed by atoms with van der Waals surface area (Å²) in [6.07, 6.45) is -4.71. The van der Waals surface area contributed by atoms with Crippen LogP contribution in [0.25, 0.3) is 0 Å². The first-order valence-electron chi connectivity index (χ1n) is 9.15. The highest BCUT2D eigenvalue weighted by atomic mass is 19.4. The number of hydrogen-bond donors (Lipinski definition) is 2. The lowest BCUT2D eigenvalue weighted by Crippen LogP contribution is -2.48. The lowest BCUT2D eigenvalue weighted by atomic mass is 9.84. The maximum Gasteiger partial charge on any atom is 0.417 e. The van der Waals surface area contributed by atoms with Gasteiger partial charge in [0.2, 0.25) is 5.91 Å². The highest BCUT2D eigenvalue weighted by Crippen LogP contribution is 2.33. The normalized spacial score (nSPS) is 12.4. The van der Waals surface area contributed by atoms with Crippen LogP contribution in [-0.4, -0.2) is 17.9 Å². The van der Waals surface area contributed by atoms with Crippen molar-refractivity contribution in [1.29, 1.82) is 0 Å². The number of hydrogen-bond acceptors (Lipinski definition) is 2. The van der Waals surface area contributed by atoms with E-state index in [0.717, 1.165) is 12.1 Å². The number of halogens is 3. The van der Waals surface area contributed by atoms with Crippen LogP contribution in [-0.2, 0) is 11.0 Å². The molecule has 0 fully saturated rings. The zero-order chi connectivity index (χ0) is 21.7. The first-order chi connectivity index (χ1) is 14.3. The standard InChI is InChI=1S/C23H19F3N2O2/c24-23(25,26)18-14-8-7-13-17(18)22(30)28-20(21(27)29)19(15-9-3-1-4-10-15)16-11-5-2-6-12-16/h1-14,19-20H,(H2,27,29)(H,28,30)/t20-/m0/s1. The third-order valence-electron chi connectivity index (χ3n) is 4.72. The SMILES string of the molecule is NC(=O)[C@@H](NC(=O)c1ccccc1C(F)(F)F)C(c1ccccc1)c1ccccc1. The average molecular weight is 412 g/mol. The summed E-state index contributed by atoms with van der Waals surface area (Å²) in [5, 5.41) is 2.43. The molecule has 30 heavy (non-hydrogen) atoms. The van der Waals surface area contributed by atoms with Gasteiger partial charge in [-0.1, -0.05) is 72.8 Å². The first-order valence-corrected chi connectivity index (χ1v) is 9.15. The zero-order valence-electron chi connectivity index (χ0n) is 15.8. The van der Waals surface area contributed by atoms with Crippen LogP contribution in [0.1, 0.15) is 33.0 Å². The summed E-state index contributed by atoms with van der Waals surface area (Å²) < 4.78 is 40.0. The Kier molecular flexibility index (Phi) is 6.20. The molecule has 2 amide bonds. The van der Waals surface area contributed by atoms with E-state index in [1.54, 1.807) is 60.7 Å². The van der Waals surface area contributed by atoms with E-state index in [9.17, 15) is 22.8 Å². The third kappa shape index (κ3) is 4.68. The summed E-state index contributed by atoms with van der Waals surface area (Å²) in [4.78, 5) is 25.1. The van der Waals surface area contributed by atoms with Crippen LogP contribution in [0, 0.1) is 0 Å². The van der Waals surface area contributed by atoms with E-state index in [-0.39, 0.29) is 0 Å². The van der Waals surface area contributed by atoms with Gasteiger partial charge >= 0.3 is 6.18 Å². The summed E-state index contributed by atoms with van der Waals surface area (Å²) in [6, 6.07) is 20.9. The van der Waals surface area contributed by atoms with Crippen LogP contribution in [0.3, 0.4) is 0 Å². The van der Waals surface area contributed by atoms with Crippen molar-refractivity contribution in [2.75, 3.05) is 0 Å². The second-order valence-corrected chi connectivity index (χ2v) is 6.70. The Labute approximate surface area is 171 Å². The minimum atomic E-state index is -4.71. The summed E-state index contributed by atoms with van der Waals surface area (Å²) in [5.74, 6) is -2.55. The van der Waals surface area contributed by atoms with Gasteiger partial charge in [0.05, 0.1) is 11.1 Å². The van der Waals surface area contributed by atoms with Crippen molar-refractivity contribution in [3.63, 3.8) is 0 Å². The predicted octanol–water partition coefficient (Wildman–Crippen LogP) is 4.12. The minimum absolute atomic E-state index is 0.573. The molecule has 0 saturated heterocycles. The van der Waals surface area contributed by atoms with E-state index in [1.807, 2.05) is 0 Å². The molecular weight excluding hydrogens is 393 g/mol. The molecule has 0 aromatic heterocycles. The molecule has 3 rings (SSSR count). The number of carbonyl (C=O) groups excluding carboxylic acids is 2. The molecule has 3 N–H and O–H groups in total. The van der Waals surface area contributed by atoms with Gasteiger partial charge in [-0.15, -0.1) is 0 Å². The highest BCUT2D eigenvalue weighted by Gasteiger charge is 2.37. The van der Waals surface area contributed by atoms with E-state index < -0.39 is 41.1 Å². The number of nitrogens with one attached hydrogen (secondary N) is 1. The minimum Gasteiger partial charge on any atom is -0.368 e. The lowest BCUT2D eigenvalue weighted by Gasteiger charge is -2.27. The van der Waals surface area contributed by atoms with Gasteiger partial charge in [0, 0.05) is 5.92 Å². The van der Waals surface area contributed by atoms with E-state index in [2.05, 4.69) is 5.32 Å². The lowest BCUT2D eigenvalue weighted by molar-refractivity contribution is -0.137. The number of nitrogens with two attached hydrogens (primary N) is 1. The molecule has 0 radical (unpaired) electrons. The molecule has 0 saturated carbocycles. The van der Waals surface area contributed by atoms with Crippen molar-refractivity contribution in [1.82, 2.24) is 5.32 Å². The van der Waals surface area contributed by atoms with Crippen molar-refractivity contribution in [3.05, 3.63) is 107 Å². The van der Waals surface area contributed by atoms with E-state index in [0.29, 0.717) is 11.1 Å². The van der Waals surface area contributed by atoms with Gasteiger partial charge in [0.25, 0.3) is 5.91 Å². The molecule has 0 bridgehead atoms. The van der Waals surface area contributed by atoms with E-state index in [1.165, 1.54) is 12.1 Å². The van der Waals surface area contributed by atoms with Gasteiger partial charge in [0.1, 0.15) is 6.04 Å². The van der Waals surface area contributed by atoms with Gasteiger partial charge < -0.3 is 11.1 Å². The smallest absolute Gasteiger partial charge is 0.368 e. The number of alkyl halides is 3. The average Bonchev–Trinajstić information content (AvgIpc) is 2.74. The molecule has 0 aliphatic carbocycles. The number of amides is 2. The number of carbonyl (C=O) groups is 2. The largest absolute Gasteiger partial charge is 0.417 e. The Morgan fingerprint density at radius 3 is 1.70 bits per heavy atom. The fraction of sp³-hybridized carbons (Fsp3) is 0.130. The van der Waals surface area contributed by atoms with E-state index in [4.69, 9.17) is 5.73 Å². The molecular formula is C23H19F3N2O2. The molecule has 154 valence electrons. The van der Waals surface area contributed by atoms with Crippen LogP contribution in [0.5, 0.6) is 0 Å². The summed E-state index contributed by atoms with van der Waals surface area (Å²) in [5.41, 5.74) is 5.31. The Balaban J connectivity index is 2.02. The number of rotatable bonds is 6. The zero-order valence-corrected chi connectivity index (χ0v) is 15.8. The van der Waals surface area contributed by atoms with Gasteiger partial charge in [-0.3, -0.25) is 9.59 Å². The van der Waals surface area contributed by atoms with Crippen molar-refractivity contribution in [3.8, 4) is 0 Å². The fourth-order valence-corrected chi connectivity index (χ4v) is 3.36. The molecule has 4 nitrogen and oxygen atoms in total. The molecule has 1 atom stereocenters. The summed E-state index contributed by atoms with van der Waals surface area (Å²) >= 11 is 0. The van der Waals surface area contributed by atoms with Crippen LogP contribution < -0.4 is 11.1 Å². The Morgan fingerprint density at radius 1 is 0.767 bits per heavy atom. The maximum atomic E-state index is 13.3. The summed E-state index contributed by atoms with van der Waals surface area (Å²) in [6.45, 7) is 0. The Morgan fingerprint density at radius 2 is 1.23 bits per heavy atom. The first kappa shape index (κ1) is 21.1. The molecule has 3 aromatic rings. The summed E-state index contributed by atoms with van der Waals surface area (Å²) in [7, 11) is 0. The molecule has 7 heteroatoms.